The summed E-state index contributed by atoms with van der Waals surface area (Å²) >= 11 is 0. The first kappa shape index (κ1) is 11.1. The molecule has 0 fully saturated rings. The van der Waals surface area contributed by atoms with E-state index in [0.717, 1.165) is 0 Å². The second kappa shape index (κ2) is 5.07. The molecule has 1 N–H and O–H groups in total. The van der Waals surface area contributed by atoms with Crippen LogP contribution in [0.15, 0.2) is 52.2 Å². The first-order valence-corrected chi connectivity index (χ1v) is 4.88. The summed E-state index contributed by atoms with van der Waals surface area (Å²) in [6, 6.07) is 9.00. The number of carbonyl (C=O) groups is 1. The molecule has 0 aliphatic rings. The summed E-state index contributed by atoms with van der Waals surface area (Å²) in [5, 5.41) is 3.69. The lowest BCUT2D eigenvalue weighted by Gasteiger charge is -1.95. The number of hydrazone groups is 1. The Hall–Kier alpha value is -2.43. The number of hydrogen-bond donors (Lipinski definition) is 1. The lowest BCUT2D eigenvalue weighted by atomic mass is 10.2. The zero-order valence-corrected chi connectivity index (χ0v) is 8.76. The Kier molecular flexibility index (Phi) is 3.30. The van der Waals surface area contributed by atoms with Crippen LogP contribution in [0.5, 0.6) is 0 Å². The van der Waals surface area contributed by atoms with Gasteiger partial charge < -0.3 is 4.42 Å². The normalized spacial score (nSPS) is 10.6. The maximum Gasteiger partial charge on any atom is 0.307 e. The van der Waals surface area contributed by atoms with E-state index in [9.17, 15) is 9.18 Å². The van der Waals surface area contributed by atoms with Crippen molar-refractivity contribution in [2.45, 2.75) is 0 Å². The Bertz CT molecular complexity index is 535. The average molecular weight is 232 g/mol. The maximum atomic E-state index is 12.8. The van der Waals surface area contributed by atoms with E-state index >= 15 is 0 Å². The molecular formula is C12H9FN2O2. The van der Waals surface area contributed by atoms with Crippen molar-refractivity contribution in [3.8, 4) is 0 Å². The number of hydrogen-bond acceptors (Lipinski definition) is 3. The summed E-state index contributed by atoms with van der Waals surface area (Å²) < 4.78 is 17.7. The first-order chi connectivity index (χ1) is 8.25. The number of nitrogens with one attached hydrogen (secondary N) is 1. The topological polar surface area (TPSA) is 54.6 Å². The van der Waals surface area contributed by atoms with Crippen molar-refractivity contribution in [2.75, 3.05) is 0 Å². The van der Waals surface area contributed by atoms with E-state index in [1.165, 1.54) is 30.7 Å². The highest BCUT2D eigenvalue weighted by Gasteiger charge is 2.05. The van der Waals surface area contributed by atoms with Crippen LogP contribution in [0.25, 0.3) is 0 Å². The van der Waals surface area contributed by atoms with Gasteiger partial charge >= 0.3 is 5.91 Å². The number of rotatable bonds is 3. The van der Waals surface area contributed by atoms with Crippen LogP contribution in [0.4, 0.5) is 4.39 Å². The Morgan fingerprint density at radius 3 is 2.94 bits per heavy atom. The van der Waals surface area contributed by atoms with Crippen molar-refractivity contribution in [1.82, 2.24) is 5.43 Å². The molecule has 2 rings (SSSR count). The fourth-order valence-electron chi connectivity index (χ4n) is 1.22. The number of amides is 1. The van der Waals surface area contributed by atoms with Gasteiger partial charge in [0.05, 0.1) is 12.5 Å². The van der Waals surface area contributed by atoms with Gasteiger partial charge in [-0.05, 0) is 29.8 Å². The minimum Gasteiger partial charge on any atom is -0.459 e. The Morgan fingerprint density at radius 1 is 1.35 bits per heavy atom. The van der Waals surface area contributed by atoms with E-state index in [1.807, 2.05) is 0 Å². The predicted octanol–water partition coefficient (Wildman–Crippen LogP) is 2.18. The van der Waals surface area contributed by atoms with Gasteiger partial charge in [0.2, 0.25) is 0 Å². The molecule has 0 radical (unpaired) electrons. The highest BCUT2D eigenvalue weighted by atomic mass is 19.1. The number of nitrogens with zero attached hydrogens (tertiary/aromatic N) is 1. The molecule has 0 saturated carbocycles. The van der Waals surface area contributed by atoms with Crippen LogP contribution in [0.3, 0.4) is 0 Å². The molecule has 0 aliphatic carbocycles. The zero-order chi connectivity index (χ0) is 12.1. The van der Waals surface area contributed by atoms with Crippen LogP contribution < -0.4 is 5.43 Å². The number of benzene rings is 1. The number of carbonyl (C=O) groups excluding carboxylic acids is 1. The molecule has 1 heterocycles. The molecule has 86 valence electrons. The van der Waals surface area contributed by atoms with E-state index in [0.29, 0.717) is 5.56 Å². The number of furan rings is 1. The Morgan fingerprint density at radius 2 is 2.24 bits per heavy atom. The number of halogens is 1. The molecular weight excluding hydrogens is 223 g/mol. The SMILES string of the molecule is O=C(NN=Cc1cccc(F)c1)c1ccco1. The molecule has 0 saturated heterocycles. The lowest BCUT2D eigenvalue weighted by molar-refractivity contribution is 0.0927. The summed E-state index contributed by atoms with van der Waals surface area (Å²) in [5.74, 6) is -0.643. The van der Waals surface area contributed by atoms with Gasteiger partial charge in [-0.25, -0.2) is 9.82 Å². The van der Waals surface area contributed by atoms with Gasteiger partial charge in [-0.3, -0.25) is 4.79 Å². The molecule has 0 spiro atoms. The molecule has 0 unspecified atom stereocenters. The van der Waals surface area contributed by atoms with Crippen molar-refractivity contribution in [2.24, 2.45) is 5.10 Å². The summed E-state index contributed by atoms with van der Waals surface area (Å²) in [5.41, 5.74) is 2.83. The monoisotopic (exact) mass is 232 g/mol. The quantitative estimate of drug-likeness (QED) is 0.651. The van der Waals surface area contributed by atoms with Gasteiger partial charge in [-0.2, -0.15) is 5.10 Å². The molecule has 4 nitrogen and oxygen atoms in total. The molecule has 1 amide bonds. The van der Waals surface area contributed by atoms with Crippen molar-refractivity contribution < 1.29 is 13.6 Å². The molecule has 1 aromatic heterocycles. The minimum atomic E-state index is -0.456. The van der Waals surface area contributed by atoms with E-state index in [1.54, 1.807) is 18.2 Å². The molecule has 2 aromatic rings. The van der Waals surface area contributed by atoms with Gasteiger partial charge in [0.25, 0.3) is 0 Å². The van der Waals surface area contributed by atoms with Crippen molar-refractivity contribution in [3.05, 3.63) is 59.8 Å². The summed E-state index contributed by atoms with van der Waals surface area (Å²) in [6.07, 6.45) is 2.75. The Balaban J connectivity index is 1.96. The van der Waals surface area contributed by atoms with Crippen LogP contribution >= 0.6 is 0 Å². The average Bonchev–Trinajstić information content (AvgIpc) is 2.82. The van der Waals surface area contributed by atoms with Crippen LogP contribution in [-0.4, -0.2) is 12.1 Å². The van der Waals surface area contributed by atoms with Gasteiger partial charge in [-0.1, -0.05) is 12.1 Å². The molecule has 5 heteroatoms. The maximum absolute atomic E-state index is 12.8. The third-order valence-electron chi connectivity index (χ3n) is 1.97. The second-order valence-corrected chi connectivity index (χ2v) is 3.23. The van der Waals surface area contributed by atoms with Crippen LogP contribution in [0.2, 0.25) is 0 Å². The standard InChI is InChI=1S/C12H9FN2O2/c13-10-4-1-3-9(7-10)8-14-15-12(16)11-5-2-6-17-11/h1-8H,(H,15,16). The summed E-state index contributed by atoms with van der Waals surface area (Å²) in [6.45, 7) is 0. The minimum absolute atomic E-state index is 0.168. The van der Waals surface area contributed by atoms with Crippen molar-refractivity contribution in [1.29, 1.82) is 0 Å². The van der Waals surface area contributed by atoms with Gasteiger partial charge in [0.15, 0.2) is 5.76 Å². The van der Waals surface area contributed by atoms with E-state index in [-0.39, 0.29) is 11.6 Å². The summed E-state index contributed by atoms with van der Waals surface area (Å²) in [4.78, 5) is 11.4. The molecule has 0 aliphatic heterocycles. The van der Waals surface area contributed by atoms with E-state index in [2.05, 4.69) is 10.5 Å². The first-order valence-electron chi connectivity index (χ1n) is 4.88. The molecule has 17 heavy (non-hydrogen) atoms. The van der Waals surface area contributed by atoms with E-state index < -0.39 is 5.91 Å². The fourth-order valence-corrected chi connectivity index (χ4v) is 1.22. The third-order valence-corrected chi connectivity index (χ3v) is 1.97. The smallest absolute Gasteiger partial charge is 0.307 e. The summed E-state index contributed by atoms with van der Waals surface area (Å²) in [7, 11) is 0. The molecule has 0 bridgehead atoms. The van der Waals surface area contributed by atoms with Crippen molar-refractivity contribution >= 4 is 12.1 Å². The van der Waals surface area contributed by atoms with Gasteiger partial charge in [-0.15, -0.1) is 0 Å². The Labute approximate surface area is 96.8 Å². The van der Waals surface area contributed by atoms with Crippen LogP contribution in [0, 0.1) is 5.82 Å². The molecule has 0 atom stereocenters. The second-order valence-electron chi connectivity index (χ2n) is 3.23. The van der Waals surface area contributed by atoms with Crippen LogP contribution in [-0.2, 0) is 0 Å². The van der Waals surface area contributed by atoms with Crippen molar-refractivity contribution in [3.63, 3.8) is 0 Å². The third kappa shape index (κ3) is 3.01. The van der Waals surface area contributed by atoms with Crippen LogP contribution in [0.1, 0.15) is 16.1 Å². The fraction of sp³-hybridized carbons (Fsp3) is 0. The lowest BCUT2D eigenvalue weighted by Crippen LogP contribution is -2.16. The zero-order valence-electron chi connectivity index (χ0n) is 8.76. The molecule has 1 aromatic carbocycles. The largest absolute Gasteiger partial charge is 0.459 e. The highest BCUT2D eigenvalue weighted by Crippen LogP contribution is 2.01. The van der Waals surface area contributed by atoms with E-state index in [4.69, 9.17) is 4.42 Å². The predicted molar refractivity (Wildman–Crippen MR) is 60.2 cm³/mol. The van der Waals surface area contributed by atoms with Gasteiger partial charge in [0.1, 0.15) is 5.82 Å². The highest BCUT2D eigenvalue weighted by molar-refractivity contribution is 5.92. The van der Waals surface area contributed by atoms with Gasteiger partial charge in [0, 0.05) is 0 Å².